The molecule has 2 atom stereocenters. The summed E-state index contributed by atoms with van der Waals surface area (Å²) in [4.78, 5) is 34.6. The highest BCUT2D eigenvalue weighted by atomic mass is 16.5. The third-order valence-electron chi connectivity index (χ3n) is 2.92. The largest absolute Gasteiger partial charge is 0.481 e. The Morgan fingerprint density at radius 1 is 1.28 bits per heavy atom. The van der Waals surface area contributed by atoms with E-state index in [9.17, 15) is 14.4 Å². The van der Waals surface area contributed by atoms with Gasteiger partial charge in [-0.2, -0.15) is 0 Å². The number of carbonyl (C=O) groups excluding carboxylic acids is 2. The fourth-order valence-electron chi connectivity index (χ4n) is 1.89. The van der Waals surface area contributed by atoms with Gasteiger partial charge in [0.05, 0.1) is 31.0 Å². The van der Waals surface area contributed by atoms with E-state index in [2.05, 4.69) is 4.74 Å². The van der Waals surface area contributed by atoms with Crippen molar-refractivity contribution in [2.24, 2.45) is 17.3 Å². The molecule has 0 bridgehead atoms. The number of carboxylic acids is 1. The fourth-order valence-corrected chi connectivity index (χ4v) is 1.89. The Hall–Kier alpha value is -1.59. The molecule has 0 saturated heterocycles. The first-order valence-electron chi connectivity index (χ1n) is 5.67. The Morgan fingerprint density at radius 2 is 1.78 bits per heavy atom. The molecule has 0 rings (SSSR count). The second-order valence-electron chi connectivity index (χ2n) is 4.57. The molecule has 0 heterocycles. The first-order chi connectivity index (χ1) is 8.19. The Morgan fingerprint density at radius 3 is 2.11 bits per heavy atom. The van der Waals surface area contributed by atoms with Crippen LogP contribution in [0.5, 0.6) is 0 Å². The number of rotatable bonds is 6. The minimum Gasteiger partial charge on any atom is -0.481 e. The van der Waals surface area contributed by atoms with Crippen molar-refractivity contribution < 1.29 is 29.0 Å². The number of hydrogen-bond acceptors (Lipinski definition) is 5. The molecule has 0 saturated carbocycles. The van der Waals surface area contributed by atoms with Gasteiger partial charge in [0.2, 0.25) is 0 Å². The fraction of sp³-hybridized carbons (Fsp3) is 0.750. The van der Waals surface area contributed by atoms with E-state index in [1.807, 2.05) is 0 Å². The molecule has 0 aromatic rings. The van der Waals surface area contributed by atoms with E-state index >= 15 is 0 Å². The number of carbonyl (C=O) groups is 3. The third kappa shape index (κ3) is 3.45. The summed E-state index contributed by atoms with van der Waals surface area (Å²) < 4.78 is 9.46. The molecule has 0 fully saturated rings. The molecule has 0 aliphatic rings. The predicted octanol–water partition coefficient (Wildman–Crippen LogP) is 1.09. The maximum atomic E-state index is 11.9. The lowest BCUT2D eigenvalue weighted by Gasteiger charge is -2.32. The van der Waals surface area contributed by atoms with E-state index in [1.165, 1.54) is 27.9 Å². The molecular weight excluding hydrogens is 240 g/mol. The number of aliphatic carboxylic acids is 1. The average molecular weight is 260 g/mol. The van der Waals surface area contributed by atoms with Crippen LogP contribution < -0.4 is 0 Å². The van der Waals surface area contributed by atoms with Gasteiger partial charge in [-0.25, -0.2) is 0 Å². The normalized spacial score (nSPS) is 14.5. The first-order valence-corrected chi connectivity index (χ1v) is 5.67. The number of methoxy groups -OCH3 is 1. The quantitative estimate of drug-likeness (QED) is 0.719. The van der Waals surface area contributed by atoms with Crippen molar-refractivity contribution in [1.82, 2.24) is 0 Å². The van der Waals surface area contributed by atoms with Crippen molar-refractivity contribution in [3.05, 3.63) is 0 Å². The molecule has 104 valence electrons. The minimum absolute atomic E-state index is 0.124. The first kappa shape index (κ1) is 16.4. The molecule has 0 aliphatic carbocycles. The Bertz CT molecular complexity index is 333. The maximum absolute atomic E-state index is 11.9. The maximum Gasteiger partial charge on any atom is 0.312 e. The van der Waals surface area contributed by atoms with Crippen molar-refractivity contribution >= 4 is 17.9 Å². The summed E-state index contributed by atoms with van der Waals surface area (Å²) >= 11 is 0. The van der Waals surface area contributed by atoms with Crippen molar-refractivity contribution in [1.29, 1.82) is 0 Å². The molecule has 6 heteroatoms. The Labute approximate surface area is 106 Å². The molecule has 0 spiro atoms. The summed E-state index contributed by atoms with van der Waals surface area (Å²) in [6.45, 7) is 6.05. The van der Waals surface area contributed by atoms with E-state index in [0.717, 1.165) is 0 Å². The van der Waals surface area contributed by atoms with E-state index < -0.39 is 35.2 Å². The Balaban J connectivity index is 5.39. The number of esters is 2. The van der Waals surface area contributed by atoms with Crippen LogP contribution in [0.25, 0.3) is 0 Å². The highest BCUT2D eigenvalue weighted by molar-refractivity contribution is 5.88. The predicted molar refractivity (Wildman–Crippen MR) is 62.7 cm³/mol. The second kappa shape index (κ2) is 6.37. The lowest BCUT2D eigenvalue weighted by atomic mass is 9.72. The number of carboxylic acid groups (broad SMARTS) is 1. The van der Waals surface area contributed by atoms with Crippen LogP contribution in [-0.4, -0.2) is 36.7 Å². The minimum atomic E-state index is -1.27. The highest BCUT2D eigenvalue weighted by Crippen LogP contribution is 2.35. The second-order valence-corrected chi connectivity index (χ2v) is 4.57. The number of hydrogen-bond donors (Lipinski definition) is 1. The van der Waals surface area contributed by atoms with Crippen LogP contribution in [0.4, 0.5) is 0 Å². The number of ether oxygens (including phenoxy) is 2. The van der Waals surface area contributed by atoms with Gasteiger partial charge in [-0.1, -0.05) is 6.92 Å². The third-order valence-corrected chi connectivity index (χ3v) is 2.92. The highest BCUT2D eigenvalue weighted by Gasteiger charge is 2.48. The van der Waals surface area contributed by atoms with Crippen LogP contribution in [-0.2, 0) is 23.9 Å². The molecule has 6 nitrogen and oxygen atoms in total. The van der Waals surface area contributed by atoms with Crippen molar-refractivity contribution in [3.8, 4) is 0 Å². The summed E-state index contributed by atoms with van der Waals surface area (Å²) in [7, 11) is 1.19. The zero-order chi connectivity index (χ0) is 14.5. The van der Waals surface area contributed by atoms with Gasteiger partial charge in [0.1, 0.15) is 0 Å². The van der Waals surface area contributed by atoms with Gasteiger partial charge in [-0.3, -0.25) is 14.4 Å². The molecule has 0 aromatic carbocycles. The molecule has 0 aromatic heterocycles. The molecule has 0 aliphatic heterocycles. The van der Waals surface area contributed by atoms with Crippen LogP contribution in [0.1, 0.15) is 27.7 Å². The molecule has 0 radical (unpaired) electrons. The van der Waals surface area contributed by atoms with Gasteiger partial charge in [0.25, 0.3) is 0 Å². The van der Waals surface area contributed by atoms with Crippen molar-refractivity contribution in [2.45, 2.75) is 27.7 Å². The van der Waals surface area contributed by atoms with Gasteiger partial charge in [-0.15, -0.1) is 0 Å². The van der Waals surface area contributed by atoms with Crippen molar-refractivity contribution in [3.63, 3.8) is 0 Å². The summed E-state index contributed by atoms with van der Waals surface area (Å²) in [5.74, 6) is -4.65. The average Bonchev–Trinajstić information content (AvgIpc) is 2.27. The smallest absolute Gasteiger partial charge is 0.312 e. The van der Waals surface area contributed by atoms with Crippen LogP contribution in [0.15, 0.2) is 0 Å². The molecular formula is C12H20O6. The van der Waals surface area contributed by atoms with Gasteiger partial charge in [0, 0.05) is 0 Å². The summed E-state index contributed by atoms with van der Waals surface area (Å²) in [5, 5.41) is 9.03. The molecule has 0 amide bonds. The van der Waals surface area contributed by atoms with E-state index in [0.29, 0.717) is 0 Å². The summed E-state index contributed by atoms with van der Waals surface area (Å²) in [6.07, 6.45) is 0. The SMILES string of the molecule is CCOC(=O)C(C(C)C(=O)O)C(C)(C)C(=O)OC. The van der Waals surface area contributed by atoms with Gasteiger partial charge < -0.3 is 14.6 Å². The summed E-state index contributed by atoms with van der Waals surface area (Å²) in [5.41, 5.74) is -1.27. The van der Waals surface area contributed by atoms with Crippen LogP contribution in [0, 0.1) is 17.3 Å². The van der Waals surface area contributed by atoms with Gasteiger partial charge >= 0.3 is 17.9 Å². The zero-order valence-electron chi connectivity index (χ0n) is 11.4. The van der Waals surface area contributed by atoms with E-state index in [4.69, 9.17) is 9.84 Å². The van der Waals surface area contributed by atoms with E-state index in [-0.39, 0.29) is 6.61 Å². The van der Waals surface area contributed by atoms with Crippen LogP contribution in [0.2, 0.25) is 0 Å². The van der Waals surface area contributed by atoms with Gasteiger partial charge in [-0.05, 0) is 20.8 Å². The molecule has 18 heavy (non-hydrogen) atoms. The van der Waals surface area contributed by atoms with Gasteiger partial charge in [0.15, 0.2) is 0 Å². The lowest BCUT2D eigenvalue weighted by Crippen LogP contribution is -2.45. The topological polar surface area (TPSA) is 89.9 Å². The molecule has 2 unspecified atom stereocenters. The zero-order valence-corrected chi connectivity index (χ0v) is 11.4. The lowest BCUT2D eigenvalue weighted by molar-refractivity contribution is -0.172. The van der Waals surface area contributed by atoms with Crippen molar-refractivity contribution in [2.75, 3.05) is 13.7 Å². The standard InChI is InChI=1S/C12H20O6/c1-6-18-10(15)8(7(2)9(13)14)12(3,4)11(16)17-5/h7-8H,6H2,1-5H3,(H,13,14). The monoisotopic (exact) mass is 260 g/mol. The molecule has 1 N–H and O–H groups in total. The Kier molecular flexibility index (Phi) is 5.81. The van der Waals surface area contributed by atoms with Crippen LogP contribution in [0.3, 0.4) is 0 Å². The van der Waals surface area contributed by atoms with E-state index in [1.54, 1.807) is 6.92 Å². The summed E-state index contributed by atoms with van der Waals surface area (Å²) in [6, 6.07) is 0. The van der Waals surface area contributed by atoms with Crippen LogP contribution >= 0.6 is 0 Å².